The van der Waals surface area contributed by atoms with E-state index in [-0.39, 0.29) is 0 Å². The van der Waals surface area contributed by atoms with Gasteiger partial charge in [0.05, 0.1) is 5.69 Å². The summed E-state index contributed by atoms with van der Waals surface area (Å²) in [6.07, 6.45) is 0. The van der Waals surface area contributed by atoms with Crippen molar-refractivity contribution in [3.63, 3.8) is 0 Å². The van der Waals surface area contributed by atoms with E-state index in [1.807, 2.05) is 6.07 Å². The van der Waals surface area contributed by atoms with Crippen molar-refractivity contribution < 1.29 is 0 Å². The molecule has 0 aromatic heterocycles. The van der Waals surface area contributed by atoms with Crippen molar-refractivity contribution in [1.82, 2.24) is 0 Å². The molecule has 0 spiro atoms. The first-order chi connectivity index (χ1) is 7.77. The molecule has 2 heteroatoms. The number of benzene rings is 2. The zero-order chi connectivity index (χ0) is 11.4. The van der Waals surface area contributed by atoms with E-state index < -0.39 is 0 Å². The van der Waals surface area contributed by atoms with Crippen molar-refractivity contribution >= 4 is 17.4 Å². The normalized spacial score (nSPS) is 10.1. The molecule has 0 aliphatic rings. The van der Waals surface area contributed by atoms with Crippen LogP contribution in [0.3, 0.4) is 0 Å². The lowest BCUT2D eigenvalue weighted by atomic mass is 10.3. The molecule has 0 aliphatic heterocycles. The SMILES string of the molecule is CN(C)c1ccccc1Sc1ccccc1. The second-order valence-electron chi connectivity index (χ2n) is 3.78. The number of hydrogen-bond donors (Lipinski definition) is 0. The maximum Gasteiger partial charge on any atom is 0.0502 e. The van der Waals surface area contributed by atoms with Crippen molar-refractivity contribution in [3.05, 3.63) is 54.6 Å². The van der Waals surface area contributed by atoms with Crippen LogP contribution in [0.1, 0.15) is 0 Å². The van der Waals surface area contributed by atoms with Gasteiger partial charge in [-0.05, 0) is 24.3 Å². The maximum absolute atomic E-state index is 2.16. The van der Waals surface area contributed by atoms with E-state index in [0.717, 1.165) is 0 Å². The highest BCUT2D eigenvalue weighted by atomic mass is 32.2. The predicted octanol–water partition coefficient (Wildman–Crippen LogP) is 3.90. The molecule has 2 aromatic carbocycles. The van der Waals surface area contributed by atoms with Crippen molar-refractivity contribution in [2.24, 2.45) is 0 Å². The van der Waals surface area contributed by atoms with Crippen LogP contribution in [0.4, 0.5) is 5.69 Å². The van der Waals surface area contributed by atoms with E-state index in [0.29, 0.717) is 0 Å². The van der Waals surface area contributed by atoms with Crippen LogP contribution in [-0.4, -0.2) is 14.1 Å². The molecule has 0 aliphatic carbocycles. The summed E-state index contributed by atoms with van der Waals surface area (Å²) < 4.78 is 0. The Balaban J connectivity index is 2.28. The molecule has 0 radical (unpaired) electrons. The first-order valence-corrected chi connectivity index (χ1v) is 6.08. The average molecular weight is 229 g/mol. The Hall–Kier alpha value is -1.41. The smallest absolute Gasteiger partial charge is 0.0502 e. The molecule has 2 aromatic rings. The van der Waals surface area contributed by atoms with Crippen LogP contribution in [0.2, 0.25) is 0 Å². The fourth-order valence-corrected chi connectivity index (χ4v) is 2.58. The van der Waals surface area contributed by atoms with Gasteiger partial charge in [0, 0.05) is 23.9 Å². The summed E-state index contributed by atoms with van der Waals surface area (Å²) in [5, 5.41) is 0. The van der Waals surface area contributed by atoms with E-state index in [1.54, 1.807) is 11.8 Å². The lowest BCUT2D eigenvalue weighted by molar-refractivity contribution is 1.10. The van der Waals surface area contributed by atoms with Crippen LogP contribution in [-0.2, 0) is 0 Å². The zero-order valence-electron chi connectivity index (χ0n) is 9.55. The molecule has 0 heterocycles. The molecule has 0 unspecified atom stereocenters. The Morgan fingerprint density at radius 3 is 2.12 bits per heavy atom. The Morgan fingerprint density at radius 1 is 0.812 bits per heavy atom. The molecule has 2 rings (SSSR count). The van der Waals surface area contributed by atoms with E-state index in [9.17, 15) is 0 Å². The number of rotatable bonds is 3. The van der Waals surface area contributed by atoms with Gasteiger partial charge in [-0.25, -0.2) is 0 Å². The average Bonchev–Trinajstić information content (AvgIpc) is 2.31. The minimum absolute atomic E-state index is 1.26. The van der Waals surface area contributed by atoms with Gasteiger partial charge in [0.25, 0.3) is 0 Å². The van der Waals surface area contributed by atoms with Gasteiger partial charge in [0.1, 0.15) is 0 Å². The first kappa shape index (κ1) is 11.1. The topological polar surface area (TPSA) is 3.24 Å². The van der Waals surface area contributed by atoms with Gasteiger partial charge >= 0.3 is 0 Å². The largest absolute Gasteiger partial charge is 0.377 e. The molecule has 0 bridgehead atoms. The quantitative estimate of drug-likeness (QED) is 0.785. The number of para-hydroxylation sites is 1. The molecular formula is C14H15NS. The highest BCUT2D eigenvalue weighted by molar-refractivity contribution is 7.99. The highest BCUT2D eigenvalue weighted by Gasteiger charge is 2.04. The molecule has 0 saturated heterocycles. The van der Waals surface area contributed by atoms with Gasteiger partial charge in [0.15, 0.2) is 0 Å². The third-order valence-electron chi connectivity index (χ3n) is 2.32. The van der Waals surface area contributed by atoms with E-state index in [1.165, 1.54) is 15.5 Å². The molecular weight excluding hydrogens is 214 g/mol. The Kier molecular flexibility index (Phi) is 3.52. The Bertz CT molecular complexity index is 451. The highest BCUT2D eigenvalue weighted by Crippen LogP contribution is 2.34. The van der Waals surface area contributed by atoms with Crippen molar-refractivity contribution in [2.75, 3.05) is 19.0 Å². The standard InChI is InChI=1S/C14H15NS/c1-15(2)13-10-6-7-11-14(13)16-12-8-4-3-5-9-12/h3-11H,1-2H3. The van der Waals surface area contributed by atoms with Gasteiger partial charge < -0.3 is 4.90 Å². The van der Waals surface area contributed by atoms with Crippen molar-refractivity contribution in [2.45, 2.75) is 9.79 Å². The van der Waals surface area contributed by atoms with Crippen LogP contribution >= 0.6 is 11.8 Å². The molecule has 0 saturated carbocycles. The molecule has 0 atom stereocenters. The predicted molar refractivity (Wildman–Crippen MR) is 71.3 cm³/mol. The summed E-state index contributed by atoms with van der Waals surface area (Å²) in [7, 11) is 4.15. The summed E-state index contributed by atoms with van der Waals surface area (Å²) >= 11 is 1.80. The van der Waals surface area contributed by atoms with E-state index in [4.69, 9.17) is 0 Å². The molecule has 0 N–H and O–H groups in total. The number of nitrogens with zero attached hydrogens (tertiary/aromatic N) is 1. The first-order valence-electron chi connectivity index (χ1n) is 5.26. The maximum atomic E-state index is 2.16. The molecule has 1 nitrogen and oxygen atoms in total. The van der Waals surface area contributed by atoms with Crippen LogP contribution in [0.5, 0.6) is 0 Å². The second-order valence-corrected chi connectivity index (χ2v) is 4.89. The summed E-state index contributed by atoms with van der Waals surface area (Å²) in [4.78, 5) is 4.71. The van der Waals surface area contributed by atoms with Gasteiger partial charge in [-0.15, -0.1) is 0 Å². The molecule has 82 valence electrons. The van der Waals surface area contributed by atoms with Crippen LogP contribution in [0.25, 0.3) is 0 Å². The fraction of sp³-hybridized carbons (Fsp3) is 0.143. The number of hydrogen-bond acceptors (Lipinski definition) is 2. The third-order valence-corrected chi connectivity index (χ3v) is 3.39. The minimum atomic E-state index is 1.26. The Labute approximate surface area is 101 Å². The number of anilines is 1. The van der Waals surface area contributed by atoms with Gasteiger partial charge in [0.2, 0.25) is 0 Å². The van der Waals surface area contributed by atoms with Crippen molar-refractivity contribution in [1.29, 1.82) is 0 Å². The summed E-state index contributed by atoms with van der Waals surface area (Å²) in [6, 6.07) is 18.9. The van der Waals surface area contributed by atoms with Crippen LogP contribution in [0, 0.1) is 0 Å². The van der Waals surface area contributed by atoms with Gasteiger partial charge in [-0.2, -0.15) is 0 Å². The second kappa shape index (κ2) is 5.08. The van der Waals surface area contributed by atoms with Gasteiger partial charge in [-0.3, -0.25) is 0 Å². The monoisotopic (exact) mass is 229 g/mol. The molecule has 16 heavy (non-hydrogen) atoms. The zero-order valence-corrected chi connectivity index (χ0v) is 10.4. The lowest BCUT2D eigenvalue weighted by Gasteiger charge is -2.16. The van der Waals surface area contributed by atoms with Crippen LogP contribution < -0.4 is 4.90 Å². The minimum Gasteiger partial charge on any atom is -0.377 e. The summed E-state index contributed by atoms with van der Waals surface area (Å²) in [5.41, 5.74) is 1.26. The fourth-order valence-electron chi connectivity index (χ4n) is 1.53. The lowest BCUT2D eigenvalue weighted by Crippen LogP contribution is -2.09. The van der Waals surface area contributed by atoms with E-state index in [2.05, 4.69) is 67.5 Å². The Morgan fingerprint density at radius 2 is 1.44 bits per heavy atom. The van der Waals surface area contributed by atoms with Crippen molar-refractivity contribution in [3.8, 4) is 0 Å². The van der Waals surface area contributed by atoms with Crippen LogP contribution in [0.15, 0.2) is 64.4 Å². The third kappa shape index (κ3) is 2.58. The van der Waals surface area contributed by atoms with Gasteiger partial charge in [-0.1, -0.05) is 42.1 Å². The summed E-state index contributed by atoms with van der Waals surface area (Å²) in [5.74, 6) is 0. The van der Waals surface area contributed by atoms with E-state index >= 15 is 0 Å². The summed E-state index contributed by atoms with van der Waals surface area (Å²) in [6.45, 7) is 0. The molecule has 0 fully saturated rings. The molecule has 0 amide bonds.